The zero-order valence-corrected chi connectivity index (χ0v) is 12.4. The van der Waals surface area contributed by atoms with Gasteiger partial charge in [0.15, 0.2) is 0 Å². The summed E-state index contributed by atoms with van der Waals surface area (Å²) in [6.07, 6.45) is 3.43. The van der Waals surface area contributed by atoms with Crippen molar-refractivity contribution in [2.45, 2.75) is 12.5 Å². The van der Waals surface area contributed by atoms with Crippen LogP contribution >= 0.6 is 27.3 Å². The molecular weight excluding hydrogens is 324 g/mol. The molecule has 1 N–H and O–H groups in total. The smallest absolute Gasteiger partial charge is 0.0890 e. The Morgan fingerprint density at radius 3 is 2.63 bits per heavy atom. The van der Waals surface area contributed by atoms with Gasteiger partial charge in [-0.05, 0) is 45.8 Å². The van der Waals surface area contributed by atoms with Crippen molar-refractivity contribution < 1.29 is 5.11 Å². The Hall–Kier alpha value is -1.30. The molecule has 0 aliphatic carbocycles. The first kappa shape index (κ1) is 12.7. The zero-order valence-electron chi connectivity index (χ0n) is 9.95. The highest BCUT2D eigenvalue weighted by molar-refractivity contribution is 9.11. The molecule has 0 saturated carbocycles. The van der Waals surface area contributed by atoms with Crippen LogP contribution in [0, 0.1) is 0 Å². The molecule has 0 bridgehead atoms. The third kappa shape index (κ3) is 2.83. The van der Waals surface area contributed by atoms with Crippen LogP contribution in [0.4, 0.5) is 0 Å². The molecule has 3 aromatic rings. The Balaban J connectivity index is 1.86. The van der Waals surface area contributed by atoms with Gasteiger partial charge < -0.3 is 5.11 Å². The molecule has 1 atom stereocenters. The van der Waals surface area contributed by atoms with Gasteiger partial charge >= 0.3 is 0 Å². The van der Waals surface area contributed by atoms with E-state index in [9.17, 15) is 5.11 Å². The maximum Gasteiger partial charge on any atom is 0.0890 e. The Morgan fingerprint density at radius 1 is 1.11 bits per heavy atom. The first-order valence-electron chi connectivity index (χ1n) is 5.85. The van der Waals surface area contributed by atoms with E-state index in [1.807, 2.05) is 30.3 Å². The van der Waals surface area contributed by atoms with Gasteiger partial charge in [-0.3, -0.25) is 9.97 Å². The summed E-state index contributed by atoms with van der Waals surface area (Å²) in [6, 6.07) is 9.72. The number of benzene rings is 1. The van der Waals surface area contributed by atoms with Crippen molar-refractivity contribution in [1.29, 1.82) is 0 Å². The van der Waals surface area contributed by atoms with Crippen LogP contribution in [0.3, 0.4) is 0 Å². The van der Waals surface area contributed by atoms with E-state index >= 15 is 0 Å². The monoisotopic (exact) mass is 334 g/mol. The Morgan fingerprint density at radius 2 is 1.89 bits per heavy atom. The Labute approximate surface area is 123 Å². The second-order valence-electron chi connectivity index (χ2n) is 4.23. The van der Waals surface area contributed by atoms with Gasteiger partial charge in [0, 0.05) is 23.7 Å². The number of aromatic nitrogens is 2. The average Bonchev–Trinajstić information content (AvgIpc) is 2.83. The summed E-state index contributed by atoms with van der Waals surface area (Å²) in [4.78, 5) is 9.63. The number of aliphatic hydroxyl groups excluding tert-OH is 1. The third-order valence-corrected chi connectivity index (χ3v) is 4.55. The van der Waals surface area contributed by atoms with Gasteiger partial charge in [0.1, 0.15) is 0 Å². The number of nitrogens with zero attached hydrogens (tertiary/aromatic N) is 2. The lowest BCUT2D eigenvalue weighted by Crippen LogP contribution is -2.00. The molecule has 5 heteroatoms. The summed E-state index contributed by atoms with van der Waals surface area (Å²) >= 11 is 5.07. The van der Waals surface area contributed by atoms with E-state index in [1.54, 1.807) is 23.7 Å². The average molecular weight is 335 g/mol. The van der Waals surface area contributed by atoms with Crippen molar-refractivity contribution in [3.63, 3.8) is 0 Å². The number of fused-ring (bicyclic) bond motifs is 1. The lowest BCUT2D eigenvalue weighted by atomic mass is 10.1. The molecule has 0 radical (unpaired) electrons. The molecular formula is C14H11BrN2OS. The number of hydrogen-bond donors (Lipinski definition) is 1. The molecule has 1 aromatic carbocycles. The second kappa shape index (κ2) is 5.36. The maximum atomic E-state index is 10.3. The van der Waals surface area contributed by atoms with Crippen LogP contribution < -0.4 is 0 Å². The number of halogens is 1. The minimum absolute atomic E-state index is 0.517. The van der Waals surface area contributed by atoms with Crippen molar-refractivity contribution in [1.82, 2.24) is 9.97 Å². The van der Waals surface area contributed by atoms with Gasteiger partial charge in [-0.1, -0.05) is 6.07 Å². The van der Waals surface area contributed by atoms with E-state index in [2.05, 4.69) is 25.9 Å². The van der Waals surface area contributed by atoms with Crippen LogP contribution in [0.15, 0.2) is 46.5 Å². The SMILES string of the molecule is OC(Cc1ccc(Br)s1)c1ccc2nccnc2c1. The summed E-state index contributed by atoms with van der Waals surface area (Å²) < 4.78 is 1.08. The molecule has 2 aromatic heterocycles. The number of hydrogen-bond acceptors (Lipinski definition) is 4. The van der Waals surface area contributed by atoms with E-state index in [0.717, 1.165) is 25.3 Å². The predicted molar refractivity (Wildman–Crippen MR) is 80.2 cm³/mol. The van der Waals surface area contributed by atoms with Crippen molar-refractivity contribution in [2.75, 3.05) is 0 Å². The fourth-order valence-electron chi connectivity index (χ4n) is 1.96. The Bertz CT molecular complexity index is 713. The van der Waals surface area contributed by atoms with Crippen LogP contribution in [0.2, 0.25) is 0 Å². The van der Waals surface area contributed by atoms with Gasteiger partial charge in [-0.2, -0.15) is 0 Å². The minimum Gasteiger partial charge on any atom is -0.388 e. The molecule has 0 amide bonds. The number of thiophene rings is 1. The van der Waals surface area contributed by atoms with Crippen molar-refractivity contribution in [3.05, 3.63) is 57.0 Å². The van der Waals surface area contributed by atoms with E-state index < -0.39 is 6.10 Å². The molecule has 0 aliphatic heterocycles. The maximum absolute atomic E-state index is 10.3. The van der Waals surface area contributed by atoms with E-state index in [-0.39, 0.29) is 0 Å². The van der Waals surface area contributed by atoms with Gasteiger partial charge in [0.05, 0.1) is 20.9 Å². The largest absolute Gasteiger partial charge is 0.388 e. The molecule has 19 heavy (non-hydrogen) atoms. The summed E-state index contributed by atoms with van der Waals surface area (Å²) in [5, 5.41) is 10.3. The highest BCUT2D eigenvalue weighted by Gasteiger charge is 2.11. The minimum atomic E-state index is -0.517. The number of rotatable bonds is 3. The summed E-state index contributed by atoms with van der Waals surface area (Å²) in [7, 11) is 0. The van der Waals surface area contributed by atoms with Crippen LogP contribution in [-0.2, 0) is 6.42 Å². The molecule has 0 aliphatic rings. The lowest BCUT2D eigenvalue weighted by molar-refractivity contribution is 0.179. The zero-order chi connectivity index (χ0) is 13.2. The van der Waals surface area contributed by atoms with Crippen molar-refractivity contribution in [3.8, 4) is 0 Å². The summed E-state index contributed by atoms with van der Waals surface area (Å²) in [5.74, 6) is 0. The van der Waals surface area contributed by atoms with Gasteiger partial charge in [-0.15, -0.1) is 11.3 Å². The topological polar surface area (TPSA) is 46.0 Å². The van der Waals surface area contributed by atoms with Crippen molar-refractivity contribution >= 4 is 38.3 Å². The molecule has 3 rings (SSSR count). The van der Waals surface area contributed by atoms with Crippen LogP contribution in [0.25, 0.3) is 11.0 Å². The molecule has 96 valence electrons. The van der Waals surface area contributed by atoms with Gasteiger partial charge in [0.25, 0.3) is 0 Å². The predicted octanol–water partition coefficient (Wildman–Crippen LogP) is 3.73. The quantitative estimate of drug-likeness (QED) is 0.793. The van der Waals surface area contributed by atoms with Gasteiger partial charge in [0.2, 0.25) is 0 Å². The highest BCUT2D eigenvalue weighted by atomic mass is 79.9. The van der Waals surface area contributed by atoms with Crippen LogP contribution in [0.5, 0.6) is 0 Å². The van der Waals surface area contributed by atoms with Crippen LogP contribution in [0.1, 0.15) is 16.5 Å². The standard InChI is InChI=1S/C14H11BrN2OS/c15-14-4-2-10(19-14)8-13(18)9-1-3-11-12(7-9)17-6-5-16-11/h1-7,13,18H,8H2. The third-order valence-electron chi connectivity index (χ3n) is 2.90. The second-order valence-corrected chi connectivity index (χ2v) is 6.78. The van der Waals surface area contributed by atoms with Crippen LogP contribution in [-0.4, -0.2) is 15.1 Å². The van der Waals surface area contributed by atoms with E-state index in [1.165, 1.54) is 0 Å². The van der Waals surface area contributed by atoms with E-state index in [0.29, 0.717) is 6.42 Å². The fourth-order valence-corrected chi connectivity index (χ4v) is 3.48. The molecule has 2 heterocycles. The molecule has 3 nitrogen and oxygen atoms in total. The normalized spacial score (nSPS) is 12.7. The fraction of sp³-hybridized carbons (Fsp3) is 0.143. The Kier molecular flexibility index (Phi) is 3.59. The van der Waals surface area contributed by atoms with Crippen molar-refractivity contribution in [2.24, 2.45) is 0 Å². The first-order chi connectivity index (χ1) is 9.22. The van der Waals surface area contributed by atoms with Gasteiger partial charge in [-0.25, -0.2) is 0 Å². The highest BCUT2D eigenvalue weighted by Crippen LogP contribution is 2.27. The molecule has 1 unspecified atom stereocenters. The molecule has 0 saturated heterocycles. The van der Waals surface area contributed by atoms with E-state index in [4.69, 9.17) is 0 Å². The molecule has 0 spiro atoms. The summed E-state index contributed by atoms with van der Waals surface area (Å²) in [6.45, 7) is 0. The summed E-state index contributed by atoms with van der Waals surface area (Å²) in [5.41, 5.74) is 2.53. The first-order valence-corrected chi connectivity index (χ1v) is 7.46. The lowest BCUT2D eigenvalue weighted by Gasteiger charge is -2.10. The number of aliphatic hydroxyl groups is 1. The molecule has 0 fully saturated rings.